The van der Waals surface area contributed by atoms with Gasteiger partial charge in [0, 0.05) is 11.5 Å². The third-order valence-electron chi connectivity index (χ3n) is 6.03. The van der Waals surface area contributed by atoms with Gasteiger partial charge >= 0.3 is 5.97 Å². The number of carboxylic acids is 1. The Morgan fingerprint density at radius 2 is 1.76 bits per heavy atom. The van der Waals surface area contributed by atoms with Crippen molar-refractivity contribution in [1.82, 2.24) is 0 Å². The van der Waals surface area contributed by atoms with E-state index in [1.54, 1.807) is 19.2 Å². The maximum Gasteiger partial charge on any atom is 0.318 e. The van der Waals surface area contributed by atoms with Gasteiger partial charge in [-0.3, -0.25) is 4.79 Å². The van der Waals surface area contributed by atoms with Crippen molar-refractivity contribution in [2.45, 2.75) is 31.5 Å². The molecule has 1 unspecified atom stereocenters. The van der Waals surface area contributed by atoms with Crippen LogP contribution in [-0.2, 0) is 16.2 Å². The van der Waals surface area contributed by atoms with Crippen molar-refractivity contribution >= 4 is 12.3 Å². The molecule has 0 amide bonds. The SMILES string of the molecule is COc1cc([C@@H]2Oc3c(OC)cc(C(C=O)C(=O)O)cc3[C@H]2C)ccc1OCc1ccccc1. The largest absolute Gasteiger partial charge is 0.493 e. The number of carbonyl (C=O) groups excluding carboxylic acids is 1. The zero-order valence-corrected chi connectivity index (χ0v) is 19.2. The molecule has 3 aromatic rings. The zero-order valence-electron chi connectivity index (χ0n) is 19.2. The van der Waals surface area contributed by atoms with E-state index in [2.05, 4.69) is 0 Å². The summed E-state index contributed by atoms with van der Waals surface area (Å²) in [6.07, 6.45) is 0.0660. The van der Waals surface area contributed by atoms with Gasteiger partial charge in [-0.2, -0.15) is 0 Å². The predicted octanol–water partition coefficient (Wildman–Crippen LogP) is 4.89. The first-order valence-corrected chi connectivity index (χ1v) is 10.9. The van der Waals surface area contributed by atoms with Crippen LogP contribution in [0.5, 0.6) is 23.0 Å². The molecule has 0 bridgehead atoms. The third-order valence-corrected chi connectivity index (χ3v) is 6.03. The first-order chi connectivity index (χ1) is 16.5. The van der Waals surface area contributed by atoms with Crippen molar-refractivity contribution in [2.24, 2.45) is 0 Å². The summed E-state index contributed by atoms with van der Waals surface area (Å²) in [7, 11) is 3.07. The molecule has 0 saturated carbocycles. The Kier molecular flexibility index (Phi) is 6.72. The summed E-state index contributed by atoms with van der Waals surface area (Å²) in [5, 5.41) is 9.41. The van der Waals surface area contributed by atoms with E-state index in [1.165, 1.54) is 7.11 Å². The quantitative estimate of drug-likeness (QED) is 0.358. The summed E-state index contributed by atoms with van der Waals surface area (Å²) in [5.74, 6) is -0.465. The molecular formula is C27H26O7. The van der Waals surface area contributed by atoms with Gasteiger partial charge in [-0.05, 0) is 34.9 Å². The first kappa shape index (κ1) is 23.2. The second-order valence-corrected chi connectivity index (χ2v) is 8.11. The van der Waals surface area contributed by atoms with Crippen LogP contribution < -0.4 is 18.9 Å². The highest BCUT2D eigenvalue weighted by molar-refractivity contribution is 5.93. The van der Waals surface area contributed by atoms with Crippen molar-refractivity contribution in [1.29, 1.82) is 0 Å². The molecule has 0 radical (unpaired) electrons. The lowest BCUT2D eigenvalue weighted by molar-refractivity contribution is -0.140. The molecule has 0 fully saturated rings. The van der Waals surface area contributed by atoms with Crippen LogP contribution in [0, 0.1) is 0 Å². The van der Waals surface area contributed by atoms with Crippen molar-refractivity contribution in [3.63, 3.8) is 0 Å². The monoisotopic (exact) mass is 462 g/mol. The van der Waals surface area contributed by atoms with Gasteiger partial charge in [0.1, 0.15) is 24.9 Å². The Labute approximate surface area is 197 Å². The molecule has 176 valence electrons. The molecular weight excluding hydrogens is 436 g/mol. The van der Waals surface area contributed by atoms with Gasteiger partial charge in [-0.1, -0.05) is 49.4 Å². The van der Waals surface area contributed by atoms with E-state index in [9.17, 15) is 14.7 Å². The Balaban J connectivity index is 1.61. The average Bonchev–Trinajstić information content (AvgIpc) is 3.19. The predicted molar refractivity (Wildman–Crippen MR) is 125 cm³/mol. The van der Waals surface area contributed by atoms with E-state index in [0.717, 1.165) is 16.7 Å². The zero-order chi connectivity index (χ0) is 24.2. The van der Waals surface area contributed by atoms with E-state index in [1.807, 2.05) is 55.5 Å². The van der Waals surface area contributed by atoms with E-state index >= 15 is 0 Å². The molecule has 7 heteroatoms. The highest BCUT2D eigenvalue weighted by Crippen LogP contribution is 2.51. The number of aliphatic carboxylic acids is 1. The number of carboxylic acid groups (broad SMARTS) is 1. The van der Waals surface area contributed by atoms with Gasteiger partial charge in [0.15, 0.2) is 23.0 Å². The van der Waals surface area contributed by atoms with Crippen LogP contribution in [0.1, 0.15) is 47.1 Å². The summed E-state index contributed by atoms with van der Waals surface area (Å²) < 4.78 is 23.3. The van der Waals surface area contributed by atoms with Crippen LogP contribution in [0.15, 0.2) is 60.7 Å². The maximum absolute atomic E-state index is 11.5. The topological polar surface area (TPSA) is 91.3 Å². The molecule has 34 heavy (non-hydrogen) atoms. The molecule has 0 saturated heterocycles. The van der Waals surface area contributed by atoms with Crippen LogP contribution in [0.4, 0.5) is 0 Å². The molecule has 1 heterocycles. The van der Waals surface area contributed by atoms with Gasteiger partial charge in [-0.25, -0.2) is 0 Å². The van der Waals surface area contributed by atoms with Crippen LogP contribution in [0.2, 0.25) is 0 Å². The highest BCUT2D eigenvalue weighted by Gasteiger charge is 2.36. The summed E-state index contributed by atoms with van der Waals surface area (Å²) in [6.45, 7) is 2.41. The molecule has 1 N–H and O–H groups in total. The number of fused-ring (bicyclic) bond motifs is 1. The van der Waals surface area contributed by atoms with Crippen LogP contribution >= 0.6 is 0 Å². The van der Waals surface area contributed by atoms with Crippen LogP contribution in [-0.4, -0.2) is 31.6 Å². The van der Waals surface area contributed by atoms with Crippen molar-refractivity contribution < 1.29 is 33.6 Å². The molecule has 7 nitrogen and oxygen atoms in total. The lowest BCUT2D eigenvalue weighted by Crippen LogP contribution is -2.13. The van der Waals surface area contributed by atoms with Gasteiger partial charge < -0.3 is 28.8 Å². The Morgan fingerprint density at radius 1 is 1.03 bits per heavy atom. The second-order valence-electron chi connectivity index (χ2n) is 8.11. The van der Waals surface area contributed by atoms with Gasteiger partial charge in [0.2, 0.25) is 0 Å². The van der Waals surface area contributed by atoms with E-state index in [0.29, 0.717) is 41.5 Å². The standard InChI is InChI=1S/C27H26O7/c1-16-20-11-19(21(14-28)27(29)30)13-24(32-3)26(20)34-25(16)18-9-10-22(23(12-18)31-2)33-15-17-7-5-4-6-8-17/h4-14,16,21,25H,15H2,1-3H3,(H,29,30)/t16-,21?,25-/m1/s1. The molecule has 0 spiro atoms. The normalized spacial score (nSPS) is 17.3. The smallest absolute Gasteiger partial charge is 0.318 e. The minimum Gasteiger partial charge on any atom is -0.493 e. The van der Waals surface area contributed by atoms with Crippen molar-refractivity contribution in [2.75, 3.05) is 14.2 Å². The fourth-order valence-electron chi connectivity index (χ4n) is 4.19. The molecule has 0 aliphatic carbocycles. The fraction of sp³-hybridized carbons (Fsp3) is 0.259. The summed E-state index contributed by atoms with van der Waals surface area (Å²) >= 11 is 0. The Morgan fingerprint density at radius 3 is 2.41 bits per heavy atom. The highest BCUT2D eigenvalue weighted by atomic mass is 16.5. The Bertz CT molecular complexity index is 1190. The summed E-state index contributed by atoms with van der Waals surface area (Å²) in [5.41, 5.74) is 3.07. The maximum atomic E-state index is 11.5. The van der Waals surface area contributed by atoms with Crippen LogP contribution in [0.25, 0.3) is 0 Å². The van der Waals surface area contributed by atoms with E-state index in [4.69, 9.17) is 18.9 Å². The fourth-order valence-corrected chi connectivity index (χ4v) is 4.19. The van der Waals surface area contributed by atoms with E-state index in [-0.39, 0.29) is 12.0 Å². The van der Waals surface area contributed by atoms with E-state index < -0.39 is 11.9 Å². The lowest BCUT2D eigenvalue weighted by Gasteiger charge is -2.18. The third kappa shape index (κ3) is 4.41. The molecule has 1 aliphatic rings. The number of carbonyl (C=O) groups is 2. The number of rotatable bonds is 9. The number of ether oxygens (including phenoxy) is 4. The summed E-state index contributed by atoms with van der Waals surface area (Å²) in [4.78, 5) is 22.9. The lowest BCUT2D eigenvalue weighted by atomic mass is 9.89. The number of methoxy groups -OCH3 is 2. The van der Waals surface area contributed by atoms with Crippen molar-refractivity contribution in [3.05, 3.63) is 82.9 Å². The average molecular weight is 462 g/mol. The number of benzene rings is 3. The van der Waals surface area contributed by atoms with Gasteiger partial charge in [-0.15, -0.1) is 0 Å². The summed E-state index contributed by atoms with van der Waals surface area (Å²) in [6, 6.07) is 18.8. The Hall–Kier alpha value is -4.00. The van der Waals surface area contributed by atoms with Gasteiger partial charge in [0.05, 0.1) is 14.2 Å². The molecule has 0 aromatic heterocycles. The first-order valence-electron chi connectivity index (χ1n) is 10.9. The van der Waals surface area contributed by atoms with Crippen molar-refractivity contribution in [3.8, 4) is 23.0 Å². The van der Waals surface area contributed by atoms with Crippen LogP contribution in [0.3, 0.4) is 0 Å². The number of hydrogen-bond donors (Lipinski definition) is 1. The molecule has 4 rings (SSSR count). The minimum atomic E-state index is -1.27. The minimum absolute atomic E-state index is 0.120. The molecule has 1 aliphatic heterocycles. The number of hydrogen-bond acceptors (Lipinski definition) is 6. The number of aldehydes is 1. The molecule has 3 atom stereocenters. The second kappa shape index (κ2) is 9.87. The molecule has 3 aromatic carbocycles. The van der Waals surface area contributed by atoms with Gasteiger partial charge in [0.25, 0.3) is 0 Å².